The van der Waals surface area contributed by atoms with Crippen molar-refractivity contribution in [3.63, 3.8) is 0 Å². The zero-order valence-corrected chi connectivity index (χ0v) is 7.77. The van der Waals surface area contributed by atoms with Crippen LogP contribution < -0.4 is 0 Å². The Bertz CT molecular complexity index is 560. The first-order chi connectivity index (χ1) is 7.00. The van der Waals surface area contributed by atoms with Gasteiger partial charge in [-0.05, 0) is 13.0 Å². The molecule has 1 aromatic heterocycles. The summed E-state index contributed by atoms with van der Waals surface area (Å²) in [6.45, 7) is 1.50. The maximum Gasteiger partial charge on any atom is 0.338 e. The van der Waals surface area contributed by atoms with Gasteiger partial charge in [-0.2, -0.15) is 0 Å². The number of carboxylic acid groups (broad SMARTS) is 1. The van der Waals surface area contributed by atoms with E-state index in [1.54, 1.807) is 0 Å². The number of benzene rings is 1. The highest BCUT2D eigenvalue weighted by molar-refractivity contribution is 6.04. The summed E-state index contributed by atoms with van der Waals surface area (Å²) in [6.07, 6.45) is 0. The van der Waals surface area contributed by atoms with Gasteiger partial charge in [-0.1, -0.05) is 0 Å². The summed E-state index contributed by atoms with van der Waals surface area (Å²) < 4.78 is 26.1. The lowest BCUT2D eigenvalue weighted by Gasteiger charge is -1.95. The maximum absolute atomic E-state index is 13.2. The Labute approximate surface area is 83.3 Å². The van der Waals surface area contributed by atoms with E-state index in [1.807, 2.05) is 0 Å². The average molecular weight is 211 g/mol. The van der Waals surface area contributed by atoms with Crippen molar-refractivity contribution in [2.24, 2.45) is 0 Å². The van der Waals surface area contributed by atoms with Gasteiger partial charge < -0.3 is 10.1 Å². The Morgan fingerprint density at radius 1 is 1.40 bits per heavy atom. The second-order valence-corrected chi connectivity index (χ2v) is 3.24. The topological polar surface area (TPSA) is 53.1 Å². The van der Waals surface area contributed by atoms with Crippen molar-refractivity contribution in [2.45, 2.75) is 6.92 Å². The van der Waals surface area contributed by atoms with E-state index in [2.05, 4.69) is 4.98 Å². The first kappa shape index (κ1) is 9.64. The van der Waals surface area contributed by atoms with Gasteiger partial charge in [0.25, 0.3) is 0 Å². The molecule has 2 rings (SSSR count). The van der Waals surface area contributed by atoms with Crippen LogP contribution in [0, 0.1) is 18.6 Å². The smallest absolute Gasteiger partial charge is 0.338 e. The summed E-state index contributed by atoms with van der Waals surface area (Å²) in [6, 6.07) is 1.72. The van der Waals surface area contributed by atoms with Crippen LogP contribution >= 0.6 is 0 Å². The normalized spacial score (nSPS) is 10.9. The van der Waals surface area contributed by atoms with Crippen LogP contribution in [-0.4, -0.2) is 16.1 Å². The number of H-pyrrole nitrogens is 1. The SMILES string of the molecule is Cc1[nH]c2c(F)cc(F)cc2c1C(=O)O. The van der Waals surface area contributed by atoms with Crippen LogP contribution in [0.2, 0.25) is 0 Å². The van der Waals surface area contributed by atoms with E-state index in [9.17, 15) is 13.6 Å². The van der Waals surface area contributed by atoms with Crippen LogP contribution in [0.5, 0.6) is 0 Å². The minimum atomic E-state index is -1.20. The number of hydrogen-bond acceptors (Lipinski definition) is 1. The fourth-order valence-electron chi connectivity index (χ4n) is 1.63. The zero-order chi connectivity index (χ0) is 11.2. The molecule has 2 aromatic rings. The molecule has 0 unspecified atom stereocenters. The van der Waals surface area contributed by atoms with Gasteiger partial charge >= 0.3 is 5.97 Å². The molecule has 0 aliphatic carbocycles. The first-order valence-electron chi connectivity index (χ1n) is 4.21. The Hall–Kier alpha value is -1.91. The van der Waals surface area contributed by atoms with Crippen molar-refractivity contribution in [1.29, 1.82) is 0 Å². The summed E-state index contributed by atoms with van der Waals surface area (Å²) >= 11 is 0. The van der Waals surface area contributed by atoms with E-state index in [0.29, 0.717) is 11.8 Å². The van der Waals surface area contributed by atoms with Crippen molar-refractivity contribution in [1.82, 2.24) is 4.98 Å². The molecule has 0 saturated heterocycles. The molecule has 0 fully saturated rings. The van der Waals surface area contributed by atoms with E-state index < -0.39 is 17.6 Å². The number of hydrogen-bond donors (Lipinski definition) is 2. The average Bonchev–Trinajstić information content (AvgIpc) is 2.41. The summed E-state index contributed by atoms with van der Waals surface area (Å²) in [5, 5.41) is 8.92. The van der Waals surface area contributed by atoms with Crippen molar-refractivity contribution in [3.8, 4) is 0 Å². The number of aromatic nitrogens is 1. The Kier molecular flexibility index (Phi) is 1.96. The van der Waals surface area contributed by atoms with Crippen LogP contribution in [0.1, 0.15) is 16.1 Å². The highest BCUT2D eigenvalue weighted by Gasteiger charge is 2.17. The zero-order valence-electron chi connectivity index (χ0n) is 7.77. The number of rotatable bonds is 1. The summed E-state index contributed by atoms with van der Waals surface area (Å²) in [4.78, 5) is 13.4. The molecule has 1 aromatic carbocycles. The van der Waals surface area contributed by atoms with Gasteiger partial charge in [-0.3, -0.25) is 0 Å². The number of nitrogens with one attached hydrogen (secondary N) is 1. The molecule has 0 spiro atoms. The van der Waals surface area contributed by atoms with E-state index in [1.165, 1.54) is 6.92 Å². The van der Waals surface area contributed by atoms with E-state index >= 15 is 0 Å². The van der Waals surface area contributed by atoms with Crippen LogP contribution in [0.3, 0.4) is 0 Å². The molecule has 0 amide bonds. The third kappa shape index (κ3) is 1.36. The van der Waals surface area contributed by atoms with Crippen molar-refractivity contribution in [3.05, 3.63) is 35.0 Å². The molecule has 78 valence electrons. The second-order valence-electron chi connectivity index (χ2n) is 3.24. The van der Waals surface area contributed by atoms with Crippen LogP contribution in [0.15, 0.2) is 12.1 Å². The van der Waals surface area contributed by atoms with Crippen LogP contribution in [0.4, 0.5) is 8.78 Å². The largest absolute Gasteiger partial charge is 0.478 e. The molecule has 0 aliphatic heterocycles. The van der Waals surface area contributed by atoms with E-state index in [-0.39, 0.29) is 16.5 Å². The van der Waals surface area contributed by atoms with Crippen molar-refractivity contribution < 1.29 is 18.7 Å². The van der Waals surface area contributed by atoms with Gasteiger partial charge in [-0.25, -0.2) is 13.6 Å². The predicted octanol–water partition coefficient (Wildman–Crippen LogP) is 2.45. The highest BCUT2D eigenvalue weighted by atomic mass is 19.1. The number of carboxylic acids is 1. The Morgan fingerprint density at radius 3 is 2.67 bits per heavy atom. The molecule has 2 N–H and O–H groups in total. The minimum Gasteiger partial charge on any atom is -0.478 e. The number of aromatic amines is 1. The maximum atomic E-state index is 13.2. The monoisotopic (exact) mass is 211 g/mol. The number of carbonyl (C=O) groups is 1. The minimum absolute atomic E-state index is 0.0197. The van der Waals surface area contributed by atoms with Gasteiger partial charge in [-0.15, -0.1) is 0 Å². The Balaban J connectivity index is 2.93. The summed E-state index contributed by atoms with van der Waals surface area (Å²) in [7, 11) is 0. The first-order valence-corrected chi connectivity index (χ1v) is 4.21. The van der Waals surface area contributed by atoms with Gasteiger partial charge in [0.2, 0.25) is 0 Å². The number of fused-ring (bicyclic) bond motifs is 1. The Morgan fingerprint density at radius 2 is 2.07 bits per heavy atom. The standard InChI is InChI=1S/C10H7F2NO2/c1-4-8(10(14)15)6-2-5(11)3-7(12)9(6)13-4/h2-3,13H,1H3,(H,14,15). The lowest BCUT2D eigenvalue weighted by Crippen LogP contribution is -1.97. The molecular weight excluding hydrogens is 204 g/mol. The lowest BCUT2D eigenvalue weighted by molar-refractivity contribution is 0.0698. The highest BCUT2D eigenvalue weighted by Crippen LogP contribution is 2.25. The number of aromatic carboxylic acids is 1. The molecule has 0 aliphatic rings. The van der Waals surface area contributed by atoms with Gasteiger partial charge in [0, 0.05) is 17.1 Å². The molecule has 0 radical (unpaired) electrons. The fourth-order valence-corrected chi connectivity index (χ4v) is 1.63. The van der Waals surface area contributed by atoms with Gasteiger partial charge in [0.1, 0.15) is 11.6 Å². The second kappa shape index (κ2) is 3.05. The molecule has 0 bridgehead atoms. The fraction of sp³-hybridized carbons (Fsp3) is 0.100. The van der Waals surface area contributed by atoms with E-state index in [4.69, 9.17) is 5.11 Å². The molecule has 1 heterocycles. The quantitative estimate of drug-likeness (QED) is 0.761. The third-order valence-corrected chi connectivity index (χ3v) is 2.23. The summed E-state index contributed by atoms with van der Waals surface area (Å²) in [5.41, 5.74) is 0.233. The van der Waals surface area contributed by atoms with Crippen LogP contribution in [-0.2, 0) is 0 Å². The molecular formula is C10H7F2NO2. The van der Waals surface area contributed by atoms with Crippen LogP contribution in [0.25, 0.3) is 10.9 Å². The molecule has 3 nitrogen and oxygen atoms in total. The molecule has 0 saturated carbocycles. The number of halogens is 2. The van der Waals surface area contributed by atoms with Gasteiger partial charge in [0.15, 0.2) is 0 Å². The lowest BCUT2D eigenvalue weighted by atomic mass is 10.1. The van der Waals surface area contributed by atoms with Crippen molar-refractivity contribution in [2.75, 3.05) is 0 Å². The molecule has 15 heavy (non-hydrogen) atoms. The number of aryl methyl sites for hydroxylation is 1. The van der Waals surface area contributed by atoms with Gasteiger partial charge in [0.05, 0.1) is 11.1 Å². The predicted molar refractivity (Wildman–Crippen MR) is 49.9 cm³/mol. The third-order valence-electron chi connectivity index (χ3n) is 2.23. The van der Waals surface area contributed by atoms with Crippen molar-refractivity contribution >= 4 is 16.9 Å². The summed E-state index contributed by atoms with van der Waals surface area (Å²) in [5.74, 6) is -2.79. The van der Waals surface area contributed by atoms with E-state index in [0.717, 1.165) is 6.07 Å². The molecule has 5 heteroatoms. The molecule has 0 atom stereocenters.